The molecule has 2 rings (SSSR count). The number of hydrogen-bond acceptors (Lipinski definition) is 5. The summed E-state index contributed by atoms with van der Waals surface area (Å²) in [6.45, 7) is 10.4. The molecule has 0 bridgehead atoms. The van der Waals surface area contributed by atoms with E-state index in [1.807, 2.05) is 20.8 Å². The van der Waals surface area contributed by atoms with Gasteiger partial charge in [-0.15, -0.1) is 0 Å². The van der Waals surface area contributed by atoms with Crippen molar-refractivity contribution in [3.05, 3.63) is 35.9 Å². The van der Waals surface area contributed by atoms with Gasteiger partial charge in [-0.2, -0.15) is 0 Å². The molecule has 1 aliphatic rings. The SMILES string of the molecule is CC(C)[C@H](NC(=O)[C@H](C)NC(=O)[C@@H](NC(=O)c1ccccc1)C(C)(C)C)C(=O)C(=O)NC1CCCCC1. The average Bonchev–Trinajstić information content (AvgIpc) is 2.85. The van der Waals surface area contributed by atoms with Crippen LogP contribution in [0.25, 0.3) is 0 Å². The Bertz CT molecular complexity index is 965. The van der Waals surface area contributed by atoms with E-state index in [4.69, 9.17) is 0 Å². The molecule has 9 nitrogen and oxygen atoms in total. The molecule has 1 aliphatic carbocycles. The van der Waals surface area contributed by atoms with Crippen molar-refractivity contribution in [1.82, 2.24) is 21.3 Å². The van der Waals surface area contributed by atoms with Gasteiger partial charge < -0.3 is 21.3 Å². The molecule has 1 aromatic rings. The zero-order valence-electron chi connectivity index (χ0n) is 22.9. The van der Waals surface area contributed by atoms with E-state index in [2.05, 4.69) is 21.3 Å². The number of Topliss-reactive ketones (excluding diaryl/α,β-unsaturated/α-hetero) is 1. The summed E-state index contributed by atoms with van der Waals surface area (Å²) in [6.07, 6.45) is 4.85. The standard InChI is InChI=1S/C28H42N4O5/c1-17(2)21(22(33)26(36)30-20-15-11-8-12-16-20)31-24(34)18(3)29-27(37)23(28(4,5)6)32-25(35)19-13-9-7-10-14-19/h7,9-10,13-14,17-18,20-21,23H,8,11-12,15-16H2,1-6H3,(H,29,37)(H,30,36)(H,31,34)(H,32,35)/t18-,21-,23+/m0/s1. The van der Waals surface area contributed by atoms with Gasteiger partial charge in [-0.05, 0) is 43.2 Å². The topological polar surface area (TPSA) is 133 Å². The predicted molar refractivity (Wildman–Crippen MR) is 142 cm³/mol. The molecule has 4 amide bonds. The monoisotopic (exact) mass is 514 g/mol. The first kappa shape index (κ1) is 30.0. The Morgan fingerprint density at radius 1 is 0.811 bits per heavy atom. The molecule has 3 atom stereocenters. The minimum absolute atomic E-state index is 0.0210. The Kier molecular flexibility index (Phi) is 10.8. The van der Waals surface area contributed by atoms with Gasteiger partial charge in [-0.1, -0.05) is 72.1 Å². The van der Waals surface area contributed by atoms with E-state index in [-0.39, 0.29) is 12.0 Å². The molecule has 1 saturated carbocycles. The van der Waals surface area contributed by atoms with E-state index in [0.29, 0.717) is 5.56 Å². The van der Waals surface area contributed by atoms with Crippen molar-refractivity contribution in [3.8, 4) is 0 Å². The van der Waals surface area contributed by atoms with Gasteiger partial charge in [0.15, 0.2) is 0 Å². The molecular weight excluding hydrogens is 472 g/mol. The summed E-state index contributed by atoms with van der Waals surface area (Å²) < 4.78 is 0. The van der Waals surface area contributed by atoms with Gasteiger partial charge in [0.1, 0.15) is 12.1 Å². The molecule has 0 heterocycles. The molecule has 0 unspecified atom stereocenters. The van der Waals surface area contributed by atoms with Crippen LogP contribution < -0.4 is 21.3 Å². The molecular formula is C28H42N4O5. The third kappa shape index (κ3) is 8.98. The maximum Gasteiger partial charge on any atom is 0.289 e. The summed E-state index contributed by atoms with van der Waals surface area (Å²) in [5.74, 6) is -3.24. The highest BCUT2D eigenvalue weighted by atomic mass is 16.2. The van der Waals surface area contributed by atoms with Crippen LogP contribution in [0.2, 0.25) is 0 Å². The van der Waals surface area contributed by atoms with Crippen LogP contribution in [-0.4, -0.2) is 53.6 Å². The van der Waals surface area contributed by atoms with Gasteiger partial charge in [0, 0.05) is 11.6 Å². The number of benzene rings is 1. The molecule has 1 fully saturated rings. The normalized spacial score (nSPS) is 16.7. The highest BCUT2D eigenvalue weighted by Crippen LogP contribution is 2.20. The van der Waals surface area contributed by atoms with E-state index >= 15 is 0 Å². The van der Waals surface area contributed by atoms with E-state index < -0.39 is 53.0 Å². The Morgan fingerprint density at radius 2 is 1.41 bits per heavy atom. The Balaban J connectivity index is 2.02. The van der Waals surface area contributed by atoms with Crippen LogP contribution in [-0.2, 0) is 19.2 Å². The third-order valence-corrected chi connectivity index (χ3v) is 6.60. The average molecular weight is 515 g/mol. The molecule has 204 valence electrons. The molecule has 37 heavy (non-hydrogen) atoms. The number of hydrogen-bond donors (Lipinski definition) is 4. The van der Waals surface area contributed by atoms with Crippen LogP contribution in [0, 0.1) is 11.3 Å². The second-order valence-corrected chi connectivity index (χ2v) is 11.3. The smallest absolute Gasteiger partial charge is 0.289 e. The van der Waals surface area contributed by atoms with Crippen molar-refractivity contribution in [3.63, 3.8) is 0 Å². The fraction of sp³-hybridized carbons (Fsp3) is 0.607. The van der Waals surface area contributed by atoms with Gasteiger partial charge in [0.2, 0.25) is 17.6 Å². The zero-order valence-corrected chi connectivity index (χ0v) is 22.9. The summed E-state index contributed by atoms with van der Waals surface area (Å²) >= 11 is 0. The first-order chi connectivity index (χ1) is 17.3. The molecule has 0 radical (unpaired) electrons. The summed E-state index contributed by atoms with van der Waals surface area (Å²) in [6, 6.07) is 5.59. The number of ketones is 1. The molecule has 0 aromatic heterocycles. The second-order valence-electron chi connectivity index (χ2n) is 11.3. The van der Waals surface area contributed by atoms with E-state index in [0.717, 1.165) is 32.1 Å². The maximum absolute atomic E-state index is 13.1. The summed E-state index contributed by atoms with van der Waals surface area (Å²) in [5, 5.41) is 10.8. The molecule has 4 N–H and O–H groups in total. The van der Waals surface area contributed by atoms with Crippen LogP contribution in [0.5, 0.6) is 0 Å². The fourth-order valence-corrected chi connectivity index (χ4v) is 4.30. The molecule has 1 aromatic carbocycles. The van der Waals surface area contributed by atoms with Crippen LogP contribution in [0.15, 0.2) is 30.3 Å². The van der Waals surface area contributed by atoms with Gasteiger partial charge in [-0.25, -0.2) is 0 Å². The van der Waals surface area contributed by atoms with Gasteiger partial charge in [0.25, 0.3) is 11.8 Å². The summed E-state index contributed by atoms with van der Waals surface area (Å²) in [7, 11) is 0. The molecule has 9 heteroatoms. The highest BCUT2D eigenvalue weighted by molar-refractivity contribution is 6.38. The van der Waals surface area contributed by atoms with E-state index in [1.54, 1.807) is 44.2 Å². The lowest BCUT2D eigenvalue weighted by Crippen LogP contribution is -2.59. The summed E-state index contributed by atoms with van der Waals surface area (Å²) in [4.78, 5) is 64.2. The molecule has 0 aliphatic heterocycles. The number of nitrogens with one attached hydrogen (secondary N) is 4. The Hall–Kier alpha value is -3.23. The van der Waals surface area contributed by atoms with Crippen molar-refractivity contribution in [2.45, 2.75) is 97.8 Å². The largest absolute Gasteiger partial charge is 0.347 e. The minimum atomic E-state index is -1.02. The first-order valence-corrected chi connectivity index (χ1v) is 13.1. The van der Waals surface area contributed by atoms with Gasteiger partial charge >= 0.3 is 0 Å². The number of carbonyl (C=O) groups excluding carboxylic acids is 5. The fourth-order valence-electron chi connectivity index (χ4n) is 4.30. The van der Waals surface area contributed by atoms with Gasteiger partial charge in [0.05, 0.1) is 6.04 Å². The lowest BCUT2D eigenvalue weighted by molar-refractivity contribution is -0.141. The molecule has 0 saturated heterocycles. The Labute approximate surface area is 219 Å². The Morgan fingerprint density at radius 3 is 1.95 bits per heavy atom. The maximum atomic E-state index is 13.1. The van der Waals surface area contributed by atoms with Crippen molar-refractivity contribution in [2.75, 3.05) is 0 Å². The highest BCUT2D eigenvalue weighted by Gasteiger charge is 2.36. The second kappa shape index (κ2) is 13.4. The quantitative estimate of drug-likeness (QED) is 0.356. The predicted octanol–water partition coefficient (Wildman–Crippen LogP) is 2.49. The number of rotatable bonds is 10. The van der Waals surface area contributed by atoms with E-state index in [1.165, 1.54) is 6.92 Å². The molecule has 0 spiro atoms. The zero-order chi connectivity index (χ0) is 27.8. The van der Waals surface area contributed by atoms with Crippen molar-refractivity contribution in [1.29, 1.82) is 0 Å². The summed E-state index contributed by atoms with van der Waals surface area (Å²) in [5.41, 5.74) is -0.224. The van der Waals surface area contributed by atoms with Crippen LogP contribution in [0.1, 0.15) is 84.0 Å². The van der Waals surface area contributed by atoms with Crippen molar-refractivity contribution < 1.29 is 24.0 Å². The number of carbonyl (C=O) groups is 5. The number of amides is 4. The lowest BCUT2D eigenvalue weighted by Gasteiger charge is -2.31. The van der Waals surface area contributed by atoms with Crippen LogP contribution >= 0.6 is 0 Å². The first-order valence-electron chi connectivity index (χ1n) is 13.1. The van der Waals surface area contributed by atoms with Crippen LogP contribution in [0.4, 0.5) is 0 Å². The third-order valence-electron chi connectivity index (χ3n) is 6.60. The van der Waals surface area contributed by atoms with E-state index in [9.17, 15) is 24.0 Å². The van der Waals surface area contributed by atoms with Gasteiger partial charge in [-0.3, -0.25) is 24.0 Å². The minimum Gasteiger partial charge on any atom is -0.347 e. The van der Waals surface area contributed by atoms with Crippen molar-refractivity contribution in [2.24, 2.45) is 11.3 Å². The van der Waals surface area contributed by atoms with Crippen molar-refractivity contribution >= 4 is 29.4 Å². The lowest BCUT2D eigenvalue weighted by atomic mass is 9.85. The van der Waals surface area contributed by atoms with Crippen LogP contribution in [0.3, 0.4) is 0 Å².